The number of aromatic nitrogens is 1. The summed E-state index contributed by atoms with van der Waals surface area (Å²) in [5.41, 5.74) is 7.61. The predicted octanol–water partition coefficient (Wildman–Crippen LogP) is 5.98. The van der Waals surface area contributed by atoms with E-state index < -0.39 is 0 Å². The number of hydrogen-bond donors (Lipinski definition) is 1. The van der Waals surface area contributed by atoms with Crippen molar-refractivity contribution in [2.24, 2.45) is 0 Å². The smallest absolute Gasteiger partial charge is 0.124 e. The number of nitrogens with zero attached hydrogens (tertiary/aromatic N) is 1. The fourth-order valence-corrected chi connectivity index (χ4v) is 3.84. The van der Waals surface area contributed by atoms with Gasteiger partial charge in [-0.2, -0.15) is 0 Å². The molecule has 0 saturated heterocycles. The van der Waals surface area contributed by atoms with E-state index >= 15 is 0 Å². The van der Waals surface area contributed by atoms with Gasteiger partial charge in [-0.3, -0.25) is 10.2 Å². The zero-order valence-corrected chi connectivity index (χ0v) is 16.5. The molecule has 1 aromatic carbocycles. The highest BCUT2D eigenvalue weighted by molar-refractivity contribution is 5.80. The van der Waals surface area contributed by atoms with Crippen LogP contribution in [-0.4, -0.2) is 10.2 Å². The Kier molecular flexibility index (Phi) is 5.05. The number of allylic oxidation sites excluding steroid dienone is 1. The van der Waals surface area contributed by atoms with E-state index in [-0.39, 0.29) is 17.4 Å². The summed E-state index contributed by atoms with van der Waals surface area (Å²) < 4.78 is 0. The van der Waals surface area contributed by atoms with E-state index in [1.165, 1.54) is 35.1 Å². The van der Waals surface area contributed by atoms with Gasteiger partial charge in [0.1, 0.15) is 6.61 Å². The minimum Gasteiger partial charge on any atom is -0.258 e. The molecule has 26 heavy (non-hydrogen) atoms. The van der Waals surface area contributed by atoms with Crippen molar-refractivity contribution in [1.29, 1.82) is 0 Å². The SMILES string of the molecule is CC(=Cc1ccc2c(c1)C(C)(C)CCC2(C)C)c1ccc(COO)nc1. The van der Waals surface area contributed by atoms with Gasteiger partial charge in [-0.1, -0.05) is 58.0 Å². The van der Waals surface area contributed by atoms with Gasteiger partial charge in [-0.05, 0) is 64.5 Å². The molecule has 0 fully saturated rings. The van der Waals surface area contributed by atoms with Crippen LogP contribution in [0.15, 0.2) is 36.5 Å². The highest BCUT2D eigenvalue weighted by Crippen LogP contribution is 2.46. The molecule has 1 aliphatic rings. The Balaban J connectivity index is 1.94. The minimum absolute atomic E-state index is 0.110. The van der Waals surface area contributed by atoms with Crippen LogP contribution in [0.3, 0.4) is 0 Å². The predicted molar refractivity (Wildman–Crippen MR) is 107 cm³/mol. The van der Waals surface area contributed by atoms with Crippen molar-refractivity contribution in [3.05, 3.63) is 64.5 Å². The van der Waals surface area contributed by atoms with Gasteiger partial charge < -0.3 is 0 Å². The van der Waals surface area contributed by atoms with E-state index in [0.717, 1.165) is 5.56 Å². The van der Waals surface area contributed by atoms with Crippen LogP contribution < -0.4 is 0 Å². The average molecular weight is 351 g/mol. The Bertz CT molecular complexity index is 817. The first kappa shape index (κ1) is 18.8. The maximum absolute atomic E-state index is 8.52. The summed E-state index contributed by atoms with van der Waals surface area (Å²) in [5.74, 6) is 0. The van der Waals surface area contributed by atoms with Crippen LogP contribution in [0.4, 0.5) is 0 Å². The Hall–Kier alpha value is -1.97. The van der Waals surface area contributed by atoms with Crippen LogP contribution in [0.2, 0.25) is 0 Å². The zero-order chi connectivity index (χ0) is 18.9. The van der Waals surface area contributed by atoms with Crippen molar-refractivity contribution in [2.75, 3.05) is 0 Å². The van der Waals surface area contributed by atoms with Gasteiger partial charge in [0, 0.05) is 6.20 Å². The Morgan fingerprint density at radius 3 is 2.38 bits per heavy atom. The van der Waals surface area contributed by atoms with Crippen LogP contribution in [0.1, 0.15) is 75.4 Å². The molecule has 0 saturated carbocycles. The first-order valence-corrected chi connectivity index (χ1v) is 9.28. The molecule has 138 valence electrons. The molecule has 1 aliphatic carbocycles. The number of fused-ring (bicyclic) bond motifs is 1. The van der Waals surface area contributed by atoms with E-state index in [2.05, 4.69) is 68.8 Å². The third-order valence-corrected chi connectivity index (χ3v) is 5.75. The maximum atomic E-state index is 8.52. The molecule has 0 aliphatic heterocycles. The molecular formula is C23H29NO2. The highest BCUT2D eigenvalue weighted by atomic mass is 17.1. The quantitative estimate of drug-likeness (QED) is 0.544. The molecule has 3 nitrogen and oxygen atoms in total. The van der Waals surface area contributed by atoms with E-state index in [9.17, 15) is 0 Å². The fourth-order valence-electron chi connectivity index (χ4n) is 3.84. The lowest BCUT2D eigenvalue weighted by Gasteiger charge is -2.42. The van der Waals surface area contributed by atoms with Crippen molar-refractivity contribution >= 4 is 11.6 Å². The van der Waals surface area contributed by atoms with Crippen molar-refractivity contribution in [1.82, 2.24) is 4.98 Å². The van der Waals surface area contributed by atoms with E-state index in [0.29, 0.717) is 5.69 Å². The molecule has 3 rings (SSSR count). The Morgan fingerprint density at radius 2 is 1.77 bits per heavy atom. The van der Waals surface area contributed by atoms with Gasteiger partial charge >= 0.3 is 0 Å². The first-order chi connectivity index (χ1) is 12.2. The third-order valence-electron chi connectivity index (χ3n) is 5.75. The Morgan fingerprint density at radius 1 is 1.08 bits per heavy atom. The van der Waals surface area contributed by atoms with Crippen molar-refractivity contribution in [2.45, 2.75) is 64.9 Å². The molecule has 0 amide bonds. The topological polar surface area (TPSA) is 42.4 Å². The summed E-state index contributed by atoms with van der Waals surface area (Å²) in [5, 5.41) is 8.52. The lowest BCUT2D eigenvalue weighted by molar-refractivity contribution is -0.253. The molecule has 0 atom stereocenters. The second-order valence-corrected chi connectivity index (χ2v) is 8.71. The average Bonchev–Trinajstić information content (AvgIpc) is 2.60. The second-order valence-electron chi connectivity index (χ2n) is 8.71. The molecular weight excluding hydrogens is 322 g/mol. The summed E-state index contributed by atoms with van der Waals surface area (Å²) in [6, 6.07) is 10.8. The fraction of sp³-hybridized carbons (Fsp3) is 0.435. The highest BCUT2D eigenvalue weighted by Gasteiger charge is 2.36. The van der Waals surface area contributed by atoms with Gasteiger partial charge in [0.2, 0.25) is 0 Å². The lowest BCUT2D eigenvalue weighted by Crippen LogP contribution is -2.33. The first-order valence-electron chi connectivity index (χ1n) is 9.28. The van der Waals surface area contributed by atoms with Gasteiger partial charge in [0.15, 0.2) is 0 Å². The lowest BCUT2D eigenvalue weighted by atomic mass is 9.63. The van der Waals surface area contributed by atoms with Crippen molar-refractivity contribution in [3.8, 4) is 0 Å². The monoisotopic (exact) mass is 351 g/mol. The Labute approximate surface area is 156 Å². The number of hydrogen-bond acceptors (Lipinski definition) is 3. The van der Waals surface area contributed by atoms with Crippen LogP contribution in [0, 0.1) is 0 Å². The third kappa shape index (κ3) is 3.74. The van der Waals surface area contributed by atoms with Crippen LogP contribution >= 0.6 is 0 Å². The molecule has 2 aromatic rings. The summed E-state index contributed by atoms with van der Waals surface area (Å²) >= 11 is 0. The zero-order valence-electron chi connectivity index (χ0n) is 16.5. The van der Waals surface area contributed by atoms with Gasteiger partial charge in [0.25, 0.3) is 0 Å². The van der Waals surface area contributed by atoms with Crippen molar-refractivity contribution < 1.29 is 10.1 Å². The van der Waals surface area contributed by atoms with Gasteiger partial charge in [-0.15, -0.1) is 0 Å². The normalized spacial score (nSPS) is 18.5. The molecule has 1 N–H and O–H groups in total. The van der Waals surface area contributed by atoms with Crippen LogP contribution in [0.25, 0.3) is 11.6 Å². The number of benzene rings is 1. The molecule has 1 aromatic heterocycles. The van der Waals surface area contributed by atoms with Crippen LogP contribution in [-0.2, 0) is 22.3 Å². The minimum atomic E-state index is 0.110. The number of pyridine rings is 1. The molecule has 3 heteroatoms. The van der Waals surface area contributed by atoms with Crippen LogP contribution in [0.5, 0.6) is 0 Å². The maximum Gasteiger partial charge on any atom is 0.124 e. The molecule has 0 radical (unpaired) electrons. The summed E-state index contributed by atoms with van der Waals surface area (Å²) in [4.78, 5) is 8.45. The molecule has 0 spiro atoms. The molecule has 0 bridgehead atoms. The summed E-state index contributed by atoms with van der Waals surface area (Å²) in [6.45, 7) is 11.6. The van der Waals surface area contributed by atoms with Gasteiger partial charge in [0.05, 0.1) is 5.69 Å². The summed E-state index contributed by atoms with van der Waals surface area (Å²) in [6.07, 6.45) is 6.50. The molecule has 0 unspecified atom stereocenters. The summed E-state index contributed by atoms with van der Waals surface area (Å²) in [7, 11) is 0. The second kappa shape index (κ2) is 6.98. The van der Waals surface area contributed by atoms with E-state index in [1.807, 2.05) is 18.3 Å². The number of rotatable bonds is 4. The van der Waals surface area contributed by atoms with Crippen molar-refractivity contribution in [3.63, 3.8) is 0 Å². The standard InChI is InChI=1S/C23H29NO2/c1-16(18-7-8-19(15-26-25)24-14-18)12-17-6-9-20-21(13-17)23(4,5)11-10-22(20,2)3/h6-9,12-14,25H,10-11,15H2,1-5H3. The largest absolute Gasteiger partial charge is 0.258 e. The van der Waals surface area contributed by atoms with Gasteiger partial charge in [-0.25, -0.2) is 4.89 Å². The van der Waals surface area contributed by atoms with E-state index in [1.54, 1.807) is 0 Å². The van der Waals surface area contributed by atoms with E-state index in [4.69, 9.17) is 5.26 Å². The molecule has 1 heterocycles.